The van der Waals surface area contributed by atoms with Gasteiger partial charge in [0.15, 0.2) is 0 Å². The van der Waals surface area contributed by atoms with E-state index in [0.29, 0.717) is 12.4 Å². The first-order valence-electron chi connectivity index (χ1n) is 7.13. The van der Waals surface area contributed by atoms with Crippen molar-refractivity contribution in [3.63, 3.8) is 0 Å². The lowest BCUT2D eigenvalue weighted by Crippen LogP contribution is -2.17. The fourth-order valence-electron chi connectivity index (χ4n) is 2.15. The van der Waals surface area contributed by atoms with Gasteiger partial charge in [-0.3, -0.25) is 10.1 Å². The summed E-state index contributed by atoms with van der Waals surface area (Å²) in [6.45, 7) is 0.503. The Morgan fingerprint density at radius 3 is 2.36 bits per heavy atom. The second-order valence-corrected chi connectivity index (χ2v) is 4.94. The minimum atomic E-state index is -0.426. The molecule has 0 N–H and O–H groups in total. The zero-order valence-electron chi connectivity index (χ0n) is 12.5. The van der Waals surface area contributed by atoms with Gasteiger partial charge in [0, 0.05) is 25.7 Å². The molecule has 0 radical (unpaired) electrons. The number of nitro groups is 1. The second-order valence-electron chi connectivity index (χ2n) is 4.94. The van der Waals surface area contributed by atoms with E-state index in [9.17, 15) is 10.1 Å². The molecule has 2 aromatic rings. The van der Waals surface area contributed by atoms with Gasteiger partial charge in [0.1, 0.15) is 5.75 Å². The van der Waals surface area contributed by atoms with Crippen LogP contribution in [-0.4, -0.2) is 24.7 Å². The Morgan fingerprint density at radius 2 is 1.77 bits per heavy atom. The van der Waals surface area contributed by atoms with Crippen molar-refractivity contribution in [2.24, 2.45) is 0 Å². The predicted octanol–water partition coefficient (Wildman–Crippen LogP) is 3.62. The van der Waals surface area contributed by atoms with Crippen molar-refractivity contribution in [2.45, 2.75) is 18.9 Å². The summed E-state index contributed by atoms with van der Waals surface area (Å²) in [5.74, 6) is 0.625. The van der Waals surface area contributed by atoms with E-state index in [1.807, 2.05) is 18.2 Å². The maximum Gasteiger partial charge on any atom is 0.269 e. The molecule has 0 saturated carbocycles. The Hall–Kier alpha value is -2.40. The van der Waals surface area contributed by atoms with Gasteiger partial charge in [-0.25, -0.2) is 0 Å². The summed E-state index contributed by atoms with van der Waals surface area (Å²) >= 11 is 0. The standard InChI is InChI=1S/C17H19NO4/c1-21-17(13-14-5-3-2-4-6-14)11-12-22-16-9-7-15(8-10-16)18(19)20/h2-10,17H,11-13H2,1H3. The third-order valence-corrected chi connectivity index (χ3v) is 3.40. The van der Waals surface area contributed by atoms with Crippen molar-refractivity contribution in [2.75, 3.05) is 13.7 Å². The second kappa shape index (κ2) is 8.14. The number of nitrogens with zero attached hydrogens (tertiary/aromatic N) is 1. The zero-order valence-corrected chi connectivity index (χ0v) is 12.5. The highest BCUT2D eigenvalue weighted by molar-refractivity contribution is 5.35. The van der Waals surface area contributed by atoms with Crippen molar-refractivity contribution < 1.29 is 14.4 Å². The van der Waals surface area contributed by atoms with Gasteiger partial charge in [-0.2, -0.15) is 0 Å². The van der Waals surface area contributed by atoms with Crippen LogP contribution >= 0.6 is 0 Å². The smallest absolute Gasteiger partial charge is 0.269 e. The summed E-state index contributed by atoms with van der Waals surface area (Å²) in [6.07, 6.45) is 1.67. The summed E-state index contributed by atoms with van der Waals surface area (Å²) in [5.41, 5.74) is 1.29. The van der Waals surface area contributed by atoms with E-state index >= 15 is 0 Å². The highest BCUT2D eigenvalue weighted by Crippen LogP contribution is 2.18. The molecule has 22 heavy (non-hydrogen) atoms. The molecule has 2 aromatic carbocycles. The zero-order chi connectivity index (χ0) is 15.8. The van der Waals surface area contributed by atoms with Crippen LogP contribution in [0.3, 0.4) is 0 Å². The molecule has 0 aliphatic rings. The van der Waals surface area contributed by atoms with Crippen LogP contribution in [0.25, 0.3) is 0 Å². The third-order valence-electron chi connectivity index (χ3n) is 3.40. The molecule has 0 saturated heterocycles. The lowest BCUT2D eigenvalue weighted by Gasteiger charge is -2.15. The minimum absolute atomic E-state index is 0.0613. The molecule has 5 nitrogen and oxygen atoms in total. The van der Waals surface area contributed by atoms with Gasteiger partial charge < -0.3 is 9.47 Å². The lowest BCUT2D eigenvalue weighted by atomic mass is 10.1. The first-order chi connectivity index (χ1) is 10.7. The number of nitro benzene ring substituents is 1. The van der Waals surface area contributed by atoms with Crippen molar-refractivity contribution in [3.8, 4) is 5.75 Å². The molecule has 116 valence electrons. The summed E-state index contributed by atoms with van der Waals surface area (Å²) in [4.78, 5) is 10.2. The Kier molecular flexibility index (Phi) is 5.91. The largest absolute Gasteiger partial charge is 0.493 e. The quantitative estimate of drug-likeness (QED) is 0.552. The van der Waals surface area contributed by atoms with Crippen molar-refractivity contribution >= 4 is 5.69 Å². The summed E-state index contributed by atoms with van der Waals surface area (Å²) in [7, 11) is 1.69. The Morgan fingerprint density at radius 1 is 1.09 bits per heavy atom. The van der Waals surface area contributed by atoms with Gasteiger partial charge in [0.2, 0.25) is 0 Å². The third kappa shape index (κ3) is 4.86. The number of ether oxygens (including phenoxy) is 2. The highest BCUT2D eigenvalue weighted by atomic mass is 16.6. The fourth-order valence-corrected chi connectivity index (χ4v) is 2.15. The minimum Gasteiger partial charge on any atom is -0.493 e. The maximum atomic E-state index is 10.6. The number of benzene rings is 2. The fraction of sp³-hybridized carbons (Fsp3) is 0.294. The molecule has 0 aliphatic heterocycles. The van der Waals surface area contributed by atoms with Crippen molar-refractivity contribution in [1.29, 1.82) is 0 Å². The Labute approximate surface area is 129 Å². The van der Waals surface area contributed by atoms with E-state index in [2.05, 4.69) is 12.1 Å². The topological polar surface area (TPSA) is 61.6 Å². The van der Waals surface area contributed by atoms with Crippen LogP contribution < -0.4 is 4.74 Å². The van der Waals surface area contributed by atoms with Crippen LogP contribution in [0.15, 0.2) is 54.6 Å². The monoisotopic (exact) mass is 301 g/mol. The average molecular weight is 301 g/mol. The van der Waals surface area contributed by atoms with Crippen molar-refractivity contribution in [1.82, 2.24) is 0 Å². The molecule has 0 aromatic heterocycles. The van der Waals surface area contributed by atoms with Gasteiger partial charge >= 0.3 is 0 Å². The van der Waals surface area contributed by atoms with E-state index in [1.165, 1.54) is 17.7 Å². The van der Waals surface area contributed by atoms with E-state index in [0.717, 1.165) is 12.8 Å². The molecule has 0 bridgehead atoms. The maximum absolute atomic E-state index is 10.6. The molecule has 0 spiro atoms. The molecule has 0 aliphatic carbocycles. The Balaban J connectivity index is 1.80. The van der Waals surface area contributed by atoms with Crippen LogP contribution in [0.4, 0.5) is 5.69 Å². The number of rotatable bonds is 8. The normalized spacial score (nSPS) is 11.9. The predicted molar refractivity (Wildman–Crippen MR) is 84.2 cm³/mol. The van der Waals surface area contributed by atoms with Crippen molar-refractivity contribution in [3.05, 3.63) is 70.3 Å². The number of hydrogen-bond donors (Lipinski definition) is 0. The average Bonchev–Trinajstić information content (AvgIpc) is 2.55. The molecule has 0 amide bonds. The SMILES string of the molecule is COC(CCOc1ccc([N+](=O)[O-])cc1)Cc1ccccc1. The lowest BCUT2D eigenvalue weighted by molar-refractivity contribution is -0.384. The molecular formula is C17H19NO4. The van der Waals surface area contributed by atoms with Gasteiger partial charge in [0.25, 0.3) is 5.69 Å². The van der Waals surface area contributed by atoms with Crippen LogP contribution in [0, 0.1) is 10.1 Å². The number of hydrogen-bond acceptors (Lipinski definition) is 4. The van der Waals surface area contributed by atoms with E-state index in [1.54, 1.807) is 19.2 Å². The van der Waals surface area contributed by atoms with Gasteiger partial charge in [-0.15, -0.1) is 0 Å². The van der Waals surface area contributed by atoms with Crippen LogP contribution in [0.5, 0.6) is 5.75 Å². The number of non-ortho nitro benzene ring substituents is 1. The summed E-state index contributed by atoms with van der Waals surface area (Å²) in [6, 6.07) is 16.2. The van der Waals surface area contributed by atoms with E-state index in [-0.39, 0.29) is 11.8 Å². The molecule has 0 heterocycles. The van der Waals surface area contributed by atoms with Crippen LogP contribution in [0.2, 0.25) is 0 Å². The summed E-state index contributed by atoms with van der Waals surface area (Å²) in [5, 5.41) is 10.6. The van der Waals surface area contributed by atoms with Gasteiger partial charge in [-0.05, 0) is 24.1 Å². The van der Waals surface area contributed by atoms with Gasteiger partial charge in [0.05, 0.1) is 17.6 Å². The van der Waals surface area contributed by atoms with E-state index in [4.69, 9.17) is 9.47 Å². The first kappa shape index (κ1) is 16.0. The molecule has 0 fully saturated rings. The number of methoxy groups -OCH3 is 1. The summed E-state index contributed by atoms with van der Waals surface area (Å²) < 4.78 is 11.1. The van der Waals surface area contributed by atoms with Crippen LogP contribution in [-0.2, 0) is 11.2 Å². The highest BCUT2D eigenvalue weighted by Gasteiger charge is 2.09. The first-order valence-corrected chi connectivity index (χ1v) is 7.13. The van der Waals surface area contributed by atoms with E-state index < -0.39 is 4.92 Å². The Bertz CT molecular complexity index is 583. The molecular weight excluding hydrogens is 282 g/mol. The van der Waals surface area contributed by atoms with Crippen LogP contribution in [0.1, 0.15) is 12.0 Å². The van der Waals surface area contributed by atoms with Gasteiger partial charge in [-0.1, -0.05) is 30.3 Å². The molecule has 1 unspecified atom stereocenters. The molecule has 2 rings (SSSR count). The molecule has 5 heteroatoms. The molecule has 1 atom stereocenters.